The maximum atomic E-state index is 14.0. The van der Waals surface area contributed by atoms with E-state index in [1.54, 1.807) is 30.5 Å². The number of halogens is 3. The minimum atomic E-state index is -0.652. The van der Waals surface area contributed by atoms with E-state index in [-0.39, 0.29) is 11.4 Å². The van der Waals surface area contributed by atoms with Crippen LogP contribution in [0.3, 0.4) is 0 Å². The molecule has 0 saturated heterocycles. The molecule has 2 aromatic carbocycles. The molecule has 0 atom stereocenters. The van der Waals surface area contributed by atoms with E-state index in [4.69, 9.17) is 0 Å². The molecule has 0 spiro atoms. The summed E-state index contributed by atoms with van der Waals surface area (Å²) in [6, 6.07) is 15.2. The molecule has 152 valence electrons. The lowest BCUT2D eigenvalue weighted by molar-refractivity contribution is 0.585. The molecule has 0 amide bonds. The number of hydrogen-bond donors (Lipinski definition) is 0. The SMILES string of the molecule is Fc1ccc(-c2ccc(Cn3ccc4nc(-c5ccccc5F)nc-4c3)cn2)c(F)c1. The highest BCUT2D eigenvalue weighted by Gasteiger charge is 2.15. The number of aromatic nitrogens is 4. The van der Waals surface area contributed by atoms with Crippen molar-refractivity contribution in [1.29, 1.82) is 0 Å². The molecular formula is C24H15F3N4. The Hall–Kier alpha value is -4.00. The van der Waals surface area contributed by atoms with Crippen molar-refractivity contribution >= 4 is 0 Å². The number of rotatable bonds is 4. The van der Waals surface area contributed by atoms with E-state index in [0.29, 0.717) is 35.0 Å². The molecule has 7 heteroatoms. The van der Waals surface area contributed by atoms with Crippen LogP contribution in [-0.4, -0.2) is 19.5 Å². The first kappa shape index (κ1) is 19.0. The fourth-order valence-corrected chi connectivity index (χ4v) is 3.40. The van der Waals surface area contributed by atoms with Gasteiger partial charge in [0.25, 0.3) is 0 Å². The lowest BCUT2D eigenvalue weighted by atomic mass is 10.1. The van der Waals surface area contributed by atoms with Crippen LogP contribution in [-0.2, 0) is 6.54 Å². The summed E-state index contributed by atoms with van der Waals surface area (Å²) < 4.78 is 43.0. The van der Waals surface area contributed by atoms with E-state index in [0.717, 1.165) is 11.6 Å². The van der Waals surface area contributed by atoms with Crippen LogP contribution in [0.1, 0.15) is 5.56 Å². The second-order valence-electron chi connectivity index (χ2n) is 7.09. The predicted octanol–water partition coefficient (Wildman–Crippen LogP) is 5.58. The predicted molar refractivity (Wildman–Crippen MR) is 111 cm³/mol. The van der Waals surface area contributed by atoms with Crippen molar-refractivity contribution in [2.75, 3.05) is 0 Å². The molecule has 3 aromatic rings. The van der Waals surface area contributed by atoms with Gasteiger partial charge in [0, 0.05) is 36.8 Å². The number of nitrogens with zero attached hydrogens (tertiary/aromatic N) is 4. The van der Waals surface area contributed by atoms with Gasteiger partial charge in [-0.2, -0.15) is 0 Å². The first-order valence-corrected chi connectivity index (χ1v) is 9.55. The van der Waals surface area contributed by atoms with Crippen LogP contribution in [0.25, 0.3) is 34.0 Å². The fraction of sp³-hybridized carbons (Fsp3) is 0.0417. The number of imidazole rings is 1. The summed E-state index contributed by atoms with van der Waals surface area (Å²) in [6.45, 7) is 0.511. The van der Waals surface area contributed by atoms with E-state index < -0.39 is 11.6 Å². The average Bonchev–Trinajstić information content (AvgIpc) is 3.18. The Kier molecular flexibility index (Phi) is 4.71. The molecule has 0 saturated carbocycles. The van der Waals surface area contributed by atoms with Crippen molar-refractivity contribution in [3.63, 3.8) is 0 Å². The van der Waals surface area contributed by atoms with Crippen molar-refractivity contribution in [3.8, 4) is 34.0 Å². The lowest BCUT2D eigenvalue weighted by Crippen LogP contribution is -2.01. The Labute approximate surface area is 176 Å². The summed E-state index contributed by atoms with van der Waals surface area (Å²) in [5.74, 6) is -1.30. The second-order valence-corrected chi connectivity index (χ2v) is 7.09. The lowest BCUT2D eigenvalue weighted by Gasteiger charge is -2.09. The van der Waals surface area contributed by atoms with Crippen molar-refractivity contribution in [1.82, 2.24) is 19.5 Å². The van der Waals surface area contributed by atoms with Gasteiger partial charge in [0.1, 0.15) is 23.1 Å². The third-order valence-electron chi connectivity index (χ3n) is 4.94. The zero-order valence-corrected chi connectivity index (χ0v) is 16.1. The molecule has 0 bridgehead atoms. The van der Waals surface area contributed by atoms with Crippen LogP contribution in [0.15, 0.2) is 79.3 Å². The first-order valence-electron chi connectivity index (χ1n) is 9.55. The molecule has 0 radical (unpaired) electrons. The van der Waals surface area contributed by atoms with Crippen molar-refractivity contribution in [2.45, 2.75) is 6.54 Å². The van der Waals surface area contributed by atoms with Crippen molar-refractivity contribution < 1.29 is 13.2 Å². The van der Waals surface area contributed by atoms with E-state index >= 15 is 0 Å². The summed E-state index contributed by atoms with van der Waals surface area (Å²) in [5.41, 5.74) is 3.25. The molecule has 0 aliphatic carbocycles. The number of benzene rings is 2. The summed E-state index contributed by atoms with van der Waals surface area (Å²) >= 11 is 0. The summed E-state index contributed by atoms with van der Waals surface area (Å²) in [4.78, 5) is 13.2. The molecule has 0 N–H and O–H groups in total. The van der Waals surface area contributed by atoms with Crippen LogP contribution in [0.4, 0.5) is 13.2 Å². The minimum absolute atomic E-state index is 0.245. The average molecular weight is 416 g/mol. The quantitative estimate of drug-likeness (QED) is 0.384. The Morgan fingerprint density at radius 2 is 1.58 bits per heavy atom. The number of fused-ring (bicyclic) bond motifs is 1. The van der Waals surface area contributed by atoms with E-state index in [1.165, 1.54) is 18.2 Å². The molecule has 4 nitrogen and oxygen atoms in total. The zero-order chi connectivity index (χ0) is 21.4. The van der Waals surface area contributed by atoms with Crippen LogP contribution >= 0.6 is 0 Å². The molecular weight excluding hydrogens is 401 g/mol. The van der Waals surface area contributed by atoms with Gasteiger partial charge in [-0.1, -0.05) is 18.2 Å². The minimum Gasteiger partial charge on any atom is -0.348 e. The van der Waals surface area contributed by atoms with Crippen molar-refractivity contribution in [2.24, 2.45) is 0 Å². The molecule has 2 aliphatic rings. The van der Waals surface area contributed by atoms with Gasteiger partial charge in [-0.25, -0.2) is 23.1 Å². The fourth-order valence-electron chi connectivity index (χ4n) is 3.40. The molecule has 31 heavy (non-hydrogen) atoms. The number of hydrogen-bond acceptors (Lipinski definition) is 3. The third-order valence-corrected chi connectivity index (χ3v) is 4.94. The second kappa shape index (κ2) is 7.68. The smallest absolute Gasteiger partial charge is 0.163 e. The Morgan fingerprint density at radius 1 is 0.742 bits per heavy atom. The molecule has 0 fully saturated rings. The highest BCUT2D eigenvalue weighted by Crippen LogP contribution is 2.27. The molecule has 1 aromatic heterocycles. The summed E-state index contributed by atoms with van der Waals surface area (Å²) in [5, 5.41) is 0. The molecule has 2 aliphatic heterocycles. The summed E-state index contributed by atoms with van der Waals surface area (Å²) in [6.07, 6.45) is 5.34. The zero-order valence-electron chi connectivity index (χ0n) is 16.1. The van der Waals surface area contributed by atoms with Gasteiger partial charge in [-0.3, -0.25) is 4.98 Å². The van der Waals surface area contributed by atoms with Crippen LogP contribution in [0.2, 0.25) is 0 Å². The number of pyridine rings is 2. The van der Waals surface area contributed by atoms with Crippen LogP contribution in [0, 0.1) is 17.5 Å². The highest BCUT2D eigenvalue weighted by molar-refractivity contribution is 5.66. The van der Waals surface area contributed by atoms with Gasteiger partial charge < -0.3 is 4.57 Å². The van der Waals surface area contributed by atoms with Gasteiger partial charge in [-0.15, -0.1) is 0 Å². The molecule has 5 rings (SSSR count). The van der Waals surface area contributed by atoms with Gasteiger partial charge in [0.15, 0.2) is 5.82 Å². The van der Waals surface area contributed by atoms with Crippen LogP contribution < -0.4 is 0 Å². The Morgan fingerprint density at radius 3 is 2.35 bits per heavy atom. The van der Waals surface area contributed by atoms with E-state index in [1.807, 2.05) is 29.1 Å². The molecule has 0 unspecified atom stereocenters. The van der Waals surface area contributed by atoms with Gasteiger partial charge in [-0.05, 0) is 42.0 Å². The standard InChI is InChI=1S/C24H15F3N4/c25-16-6-7-17(20(27)11-16)21-8-5-15(12-28-21)13-31-10-9-22-23(14-31)30-24(29-22)18-3-1-2-4-19(18)26/h1-12,14H,13H2. The van der Waals surface area contributed by atoms with E-state index in [9.17, 15) is 13.2 Å². The van der Waals surface area contributed by atoms with Crippen molar-refractivity contribution in [3.05, 3.63) is 102 Å². The highest BCUT2D eigenvalue weighted by atomic mass is 19.1. The van der Waals surface area contributed by atoms with Crippen LogP contribution in [0.5, 0.6) is 0 Å². The molecule has 3 heterocycles. The monoisotopic (exact) mass is 416 g/mol. The maximum absolute atomic E-state index is 14.0. The van der Waals surface area contributed by atoms with Gasteiger partial charge in [0.05, 0.1) is 17.0 Å². The Bertz CT molecular complexity index is 1350. The van der Waals surface area contributed by atoms with Gasteiger partial charge >= 0.3 is 0 Å². The third kappa shape index (κ3) is 3.77. The summed E-state index contributed by atoms with van der Waals surface area (Å²) in [7, 11) is 0. The Balaban J connectivity index is 1.39. The normalized spacial score (nSPS) is 11.2. The topological polar surface area (TPSA) is 43.6 Å². The van der Waals surface area contributed by atoms with E-state index in [2.05, 4.69) is 15.0 Å². The first-order chi connectivity index (χ1) is 15.1. The maximum Gasteiger partial charge on any atom is 0.163 e. The largest absolute Gasteiger partial charge is 0.348 e. The van der Waals surface area contributed by atoms with Gasteiger partial charge in [0.2, 0.25) is 0 Å².